The second-order valence-electron chi connectivity index (χ2n) is 4.30. The van der Waals surface area contributed by atoms with Crippen molar-refractivity contribution in [1.29, 1.82) is 0 Å². The highest BCUT2D eigenvalue weighted by molar-refractivity contribution is 6.41. The zero-order valence-corrected chi connectivity index (χ0v) is 12.2. The molecule has 0 spiro atoms. The van der Waals surface area contributed by atoms with Crippen molar-refractivity contribution in [3.63, 3.8) is 0 Å². The van der Waals surface area contributed by atoms with Gasteiger partial charge in [0.15, 0.2) is 0 Å². The quantitative estimate of drug-likeness (QED) is 0.811. The first-order valence-corrected chi connectivity index (χ1v) is 6.61. The Kier molecular flexibility index (Phi) is 4.02. The second kappa shape index (κ2) is 5.30. The number of rotatable bonds is 2. The van der Waals surface area contributed by atoms with Crippen LogP contribution in [0.25, 0.3) is 10.9 Å². The summed E-state index contributed by atoms with van der Waals surface area (Å²) in [6.45, 7) is 3.98. The first-order valence-electron chi connectivity index (χ1n) is 5.86. The van der Waals surface area contributed by atoms with Crippen LogP contribution < -0.4 is 5.32 Å². The van der Waals surface area contributed by atoms with E-state index >= 15 is 0 Å². The Bertz CT molecular complexity index is 669. The summed E-state index contributed by atoms with van der Waals surface area (Å²) in [4.78, 5) is 3.61. The summed E-state index contributed by atoms with van der Waals surface area (Å²) in [5.74, 6) is 0. The van der Waals surface area contributed by atoms with E-state index in [1.165, 1.54) is 6.07 Å². The number of anilines is 1. The van der Waals surface area contributed by atoms with Crippen LogP contribution in [0.5, 0.6) is 0 Å². The van der Waals surface area contributed by atoms with Crippen LogP contribution in [0, 0.1) is 6.92 Å². The molecule has 0 radical (unpaired) electrons. The van der Waals surface area contributed by atoms with E-state index in [4.69, 9.17) is 23.2 Å². The third-order valence-corrected chi connectivity index (χ3v) is 3.59. The van der Waals surface area contributed by atoms with Gasteiger partial charge in [-0.05, 0) is 31.5 Å². The third kappa shape index (κ3) is 2.65. The molecule has 0 aliphatic rings. The molecule has 20 heavy (non-hydrogen) atoms. The summed E-state index contributed by atoms with van der Waals surface area (Å²) in [5.41, 5.74) is 0.0149. The van der Waals surface area contributed by atoms with Crippen LogP contribution in [-0.4, -0.2) is 11.5 Å². The van der Waals surface area contributed by atoms with Crippen molar-refractivity contribution in [2.24, 2.45) is 0 Å². The van der Waals surface area contributed by atoms with E-state index in [2.05, 4.69) is 10.3 Å². The lowest BCUT2D eigenvalue weighted by molar-refractivity contribution is -0.140. The van der Waals surface area contributed by atoms with E-state index in [9.17, 15) is 13.2 Å². The Morgan fingerprint density at radius 3 is 2.45 bits per heavy atom. The fourth-order valence-corrected chi connectivity index (χ4v) is 2.48. The summed E-state index contributed by atoms with van der Waals surface area (Å²) in [6.07, 6.45) is -4.54. The number of hydrogen-bond acceptors (Lipinski definition) is 2. The van der Waals surface area contributed by atoms with Gasteiger partial charge in [0, 0.05) is 17.6 Å². The molecule has 1 aromatic heterocycles. The Morgan fingerprint density at radius 1 is 1.25 bits per heavy atom. The zero-order valence-electron chi connectivity index (χ0n) is 10.7. The van der Waals surface area contributed by atoms with E-state index in [1.54, 1.807) is 13.8 Å². The average molecular weight is 323 g/mol. The topological polar surface area (TPSA) is 24.9 Å². The van der Waals surface area contributed by atoms with Crippen molar-refractivity contribution < 1.29 is 13.2 Å². The largest absolute Gasteiger partial charge is 0.433 e. The van der Waals surface area contributed by atoms with Crippen molar-refractivity contribution in [2.75, 3.05) is 11.9 Å². The molecular weight excluding hydrogens is 312 g/mol. The van der Waals surface area contributed by atoms with Gasteiger partial charge in [-0.15, -0.1) is 0 Å². The SMILES string of the molecule is CCNc1cc(C(F)(F)F)nc2c(Cl)cc(C)c(Cl)c12. The highest BCUT2D eigenvalue weighted by Gasteiger charge is 2.34. The monoisotopic (exact) mass is 322 g/mol. The molecule has 0 fully saturated rings. The molecule has 0 aliphatic heterocycles. The standard InChI is InChI=1S/C13H11Cl2F3N2/c1-3-19-8-5-9(13(16,17)18)20-12-7(14)4-6(2)11(15)10(8)12/h4-5H,3H2,1-2H3,(H,19,20). The summed E-state index contributed by atoms with van der Waals surface area (Å²) in [5, 5.41) is 3.78. The predicted molar refractivity (Wildman–Crippen MR) is 75.7 cm³/mol. The molecule has 1 N–H and O–H groups in total. The molecule has 0 unspecified atom stereocenters. The molecule has 2 rings (SSSR count). The average Bonchev–Trinajstić information content (AvgIpc) is 2.34. The Morgan fingerprint density at radius 2 is 1.90 bits per heavy atom. The summed E-state index contributed by atoms with van der Waals surface area (Å²) in [6, 6.07) is 2.46. The van der Waals surface area contributed by atoms with Crippen LogP contribution in [0.4, 0.5) is 18.9 Å². The number of hydrogen-bond donors (Lipinski definition) is 1. The molecule has 0 amide bonds. The maximum atomic E-state index is 12.9. The highest BCUT2D eigenvalue weighted by Crippen LogP contribution is 2.39. The summed E-state index contributed by atoms with van der Waals surface area (Å²) >= 11 is 12.2. The summed E-state index contributed by atoms with van der Waals surface area (Å²) < 4.78 is 38.6. The van der Waals surface area contributed by atoms with Crippen LogP contribution in [0.15, 0.2) is 12.1 Å². The fourth-order valence-electron chi connectivity index (χ4n) is 1.93. The molecule has 2 nitrogen and oxygen atoms in total. The molecule has 0 bridgehead atoms. The third-order valence-electron chi connectivity index (χ3n) is 2.81. The van der Waals surface area contributed by atoms with Crippen LogP contribution in [-0.2, 0) is 6.18 Å². The van der Waals surface area contributed by atoms with Crippen molar-refractivity contribution in [2.45, 2.75) is 20.0 Å². The number of aryl methyl sites for hydroxylation is 1. The minimum absolute atomic E-state index is 0.0491. The first kappa shape index (κ1) is 15.2. The Hall–Kier alpha value is -1.20. The van der Waals surface area contributed by atoms with Gasteiger partial charge in [-0.1, -0.05) is 23.2 Å². The number of nitrogens with one attached hydrogen (secondary N) is 1. The highest BCUT2D eigenvalue weighted by atomic mass is 35.5. The van der Waals surface area contributed by atoms with Crippen LogP contribution in [0.3, 0.4) is 0 Å². The number of benzene rings is 1. The van der Waals surface area contributed by atoms with Gasteiger partial charge in [0.2, 0.25) is 0 Å². The first-order chi connectivity index (χ1) is 9.25. The zero-order chi connectivity index (χ0) is 15.1. The molecule has 1 heterocycles. The van der Waals surface area contributed by atoms with E-state index in [-0.39, 0.29) is 16.2 Å². The van der Waals surface area contributed by atoms with Crippen LogP contribution in [0.2, 0.25) is 10.0 Å². The van der Waals surface area contributed by atoms with Crippen molar-refractivity contribution >= 4 is 39.8 Å². The van der Waals surface area contributed by atoms with E-state index < -0.39 is 11.9 Å². The van der Waals surface area contributed by atoms with E-state index in [1.807, 2.05) is 0 Å². The number of alkyl halides is 3. The number of halogens is 5. The molecule has 0 atom stereocenters. The molecule has 1 aromatic carbocycles. The minimum Gasteiger partial charge on any atom is -0.385 e. The van der Waals surface area contributed by atoms with Crippen LogP contribution in [0.1, 0.15) is 18.2 Å². The van der Waals surface area contributed by atoms with Gasteiger partial charge >= 0.3 is 6.18 Å². The molecule has 2 aromatic rings. The molecule has 0 saturated carbocycles. The molecule has 108 valence electrons. The lowest BCUT2D eigenvalue weighted by atomic mass is 10.1. The van der Waals surface area contributed by atoms with Gasteiger partial charge in [0.25, 0.3) is 0 Å². The molecule has 7 heteroatoms. The maximum Gasteiger partial charge on any atom is 0.433 e. The number of fused-ring (bicyclic) bond motifs is 1. The lowest BCUT2D eigenvalue weighted by Gasteiger charge is -2.15. The molecule has 0 aliphatic carbocycles. The van der Waals surface area contributed by atoms with Gasteiger partial charge in [-0.2, -0.15) is 13.2 Å². The van der Waals surface area contributed by atoms with Gasteiger partial charge in [-0.3, -0.25) is 0 Å². The van der Waals surface area contributed by atoms with Crippen molar-refractivity contribution in [3.8, 4) is 0 Å². The van der Waals surface area contributed by atoms with E-state index in [0.717, 1.165) is 6.07 Å². The smallest absolute Gasteiger partial charge is 0.385 e. The number of aromatic nitrogens is 1. The molecule has 0 saturated heterocycles. The van der Waals surface area contributed by atoms with Gasteiger partial charge in [0.05, 0.1) is 15.6 Å². The van der Waals surface area contributed by atoms with Crippen molar-refractivity contribution in [3.05, 3.63) is 33.4 Å². The maximum absolute atomic E-state index is 12.9. The normalized spacial score (nSPS) is 11.9. The fraction of sp³-hybridized carbons (Fsp3) is 0.308. The van der Waals surface area contributed by atoms with Gasteiger partial charge in [-0.25, -0.2) is 4.98 Å². The minimum atomic E-state index is -4.54. The predicted octanol–water partition coefficient (Wildman–Crippen LogP) is 5.30. The number of nitrogens with zero attached hydrogens (tertiary/aromatic N) is 1. The second-order valence-corrected chi connectivity index (χ2v) is 5.08. The van der Waals surface area contributed by atoms with E-state index in [0.29, 0.717) is 22.5 Å². The summed E-state index contributed by atoms with van der Waals surface area (Å²) in [7, 11) is 0. The Labute approximate surface area is 123 Å². The Balaban J connectivity index is 2.89. The van der Waals surface area contributed by atoms with Gasteiger partial charge < -0.3 is 5.32 Å². The van der Waals surface area contributed by atoms with Gasteiger partial charge in [0.1, 0.15) is 5.69 Å². The number of pyridine rings is 1. The van der Waals surface area contributed by atoms with Crippen LogP contribution >= 0.6 is 23.2 Å². The lowest BCUT2D eigenvalue weighted by Crippen LogP contribution is -2.10. The molecular formula is C13H11Cl2F3N2. The van der Waals surface area contributed by atoms with Crippen molar-refractivity contribution in [1.82, 2.24) is 4.98 Å².